The zero-order chi connectivity index (χ0) is 12.1. The van der Waals surface area contributed by atoms with E-state index in [4.69, 9.17) is 0 Å². The van der Waals surface area contributed by atoms with Gasteiger partial charge in [-0.15, -0.1) is 0 Å². The van der Waals surface area contributed by atoms with E-state index in [2.05, 4.69) is 57.2 Å². The van der Waals surface area contributed by atoms with Crippen LogP contribution in [0.4, 0.5) is 0 Å². The fourth-order valence-corrected chi connectivity index (χ4v) is 3.74. The third-order valence-corrected chi connectivity index (χ3v) is 5.12. The Morgan fingerprint density at radius 3 is 2.47 bits per heavy atom. The summed E-state index contributed by atoms with van der Waals surface area (Å²) in [5.74, 6) is 0.603. The van der Waals surface area contributed by atoms with Crippen molar-refractivity contribution in [3.63, 3.8) is 0 Å². The smallest absolute Gasteiger partial charge is 0.00471 e. The Balaban J connectivity index is 2.07. The van der Waals surface area contributed by atoms with Gasteiger partial charge in [0.05, 0.1) is 0 Å². The van der Waals surface area contributed by atoms with Gasteiger partial charge >= 0.3 is 0 Å². The van der Waals surface area contributed by atoms with Gasteiger partial charge in [-0.1, -0.05) is 62.8 Å². The molecule has 0 N–H and O–H groups in total. The molecule has 1 atom stereocenters. The lowest BCUT2D eigenvalue weighted by atomic mass is 9.59. The largest absolute Gasteiger partial charge is 0.0801 e. The van der Waals surface area contributed by atoms with E-state index in [1.54, 1.807) is 11.1 Å². The maximum Gasteiger partial charge on any atom is 0.00471 e. The summed E-state index contributed by atoms with van der Waals surface area (Å²) >= 11 is 0. The van der Waals surface area contributed by atoms with Crippen molar-refractivity contribution in [2.75, 3.05) is 0 Å². The molecule has 3 rings (SSSR count). The summed E-state index contributed by atoms with van der Waals surface area (Å²) in [4.78, 5) is 0. The summed E-state index contributed by atoms with van der Waals surface area (Å²) in [6.07, 6.45) is 17.7. The fourth-order valence-electron chi connectivity index (χ4n) is 3.74. The SMILES string of the molecule is CC1(C)CCC(C)(C2C=CC=C2)C2=C1CC=C2. The van der Waals surface area contributed by atoms with Crippen LogP contribution in [0.5, 0.6) is 0 Å². The molecule has 0 fully saturated rings. The van der Waals surface area contributed by atoms with Gasteiger partial charge in [0.2, 0.25) is 0 Å². The van der Waals surface area contributed by atoms with Crippen LogP contribution in [0.25, 0.3) is 0 Å². The summed E-state index contributed by atoms with van der Waals surface area (Å²) in [7, 11) is 0. The molecule has 0 spiro atoms. The molecule has 0 radical (unpaired) electrons. The first-order valence-corrected chi connectivity index (χ1v) is 6.80. The molecule has 0 aromatic carbocycles. The minimum atomic E-state index is 0.335. The Hall–Kier alpha value is -1.04. The van der Waals surface area contributed by atoms with Gasteiger partial charge in [0.15, 0.2) is 0 Å². The highest BCUT2D eigenvalue weighted by Crippen LogP contribution is 2.56. The monoisotopic (exact) mass is 226 g/mol. The third-order valence-electron chi connectivity index (χ3n) is 5.12. The van der Waals surface area contributed by atoms with Crippen molar-refractivity contribution in [2.45, 2.75) is 40.0 Å². The maximum atomic E-state index is 2.46. The van der Waals surface area contributed by atoms with E-state index >= 15 is 0 Å². The summed E-state index contributed by atoms with van der Waals surface area (Å²) < 4.78 is 0. The standard InChI is InChI=1S/C17H22/c1-16(2)11-12-17(3,13-7-4-5-8-13)15-10-6-9-14(15)16/h4-8,10,13H,9,11-12H2,1-3H3. The van der Waals surface area contributed by atoms with Crippen molar-refractivity contribution in [1.29, 1.82) is 0 Å². The van der Waals surface area contributed by atoms with Crippen LogP contribution in [-0.2, 0) is 0 Å². The zero-order valence-corrected chi connectivity index (χ0v) is 11.2. The third kappa shape index (κ3) is 1.50. The van der Waals surface area contributed by atoms with Crippen LogP contribution in [0.3, 0.4) is 0 Å². The predicted molar refractivity (Wildman–Crippen MR) is 73.7 cm³/mol. The number of hydrogen-bond acceptors (Lipinski definition) is 0. The molecule has 3 aliphatic carbocycles. The molecule has 0 saturated carbocycles. The molecular weight excluding hydrogens is 204 g/mol. The van der Waals surface area contributed by atoms with Crippen molar-refractivity contribution in [2.24, 2.45) is 16.7 Å². The number of allylic oxidation sites excluding steroid dienone is 8. The average Bonchev–Trinajstić information content (AvgIpc) is 2.94. The molecule has 0 amide bonds. The molecule has 0 bridgehead atoms. The molecule has 0 heteroatoms. The van der Waals surface area contributed by atoms with E-state index in [0.717, 1.165) is 0 Å². The van der Waals surface area contributed by atoms with Crippen LogP contribution >= 0.6 is 0 Å². The van der Waals surface area contributed by atoms with E-state index < -0.39 is 0 Å². The molecule has 3 aliphatic rings. The highest BCUT2D eigenvalue weighted by Gasteiger charge is 2.44. The lowest BCUT2D eigenvalue weighted by molar-refractivity contribution is 0.220. The molecule has 0 saturated heterocycles. The molecule has 0 aromatic rings. The molecule has 17 heavy (non-hydrogen) atoms. The summed E-state index contributed by atoms with van der Waals surface area (Å²) in [6.45, 7) is 7.28. The van der Waals surface area contributed by atoms with E-state index in [-0.39, 0.29) is 0 Å². The second kappa shape index (κ2) is 3.48. The Morgan fingerprint density at radius 1 is 1.06 bits per heavy atom. The van der Waals surface area contributed by atoms with Crippen molar-refractivity contribution >= 4 is 0 Å². The number of rotatable bonds is 1. The molecular formula is C17H22. The van der Waals surface area contributed by atoms with Gasteiger partial charge in [-0.2, -0.15) is 0 Å². The highest BCUT2D eigenvalue weighted by molar-refractivity contribution is 5.46. The van der Waals surface area contributed by atoms with Crippen LogP contribution in [-0.4, -0.2) is 0 Å². The van der Waals surface area contributed by atoms with Crippen LogP contribution in [0.15, 0.2) is 47.6 Å². The first kappa shape index (κ1) is 11.1. The second-order valence-corrected chi connectivity index (χ2v) is 6.60. The van der Waals surface area contributed by atoms with Crippen LogP contribution in [0.1, 0.15) is 40.0 Å². The zero-order valence-electron chi connectivity index (χ0n) is 11.2. The normalized spacial score (nSPS) is 34.8. The molecule has 0 aliphatic heterocycles. The summed E-state index contributed by atoms with van der Waals surface area (Å²) in [6, 6.07) is 0. The molecule has 0 heterocycles. The van der Waals surface area contributed by atoms with Crippen molar-refractivity contribution < 1.29 is 0 Å². The predicted octanol–water partition coefficient (Wildman–Crippen LogP) is 4.81. The maximum absolute atomic E-state index is 2.46. The van der Waals surface area contributed by atoms with Crippen molar-refractivity contribution in [3.8, 4) is 0 Å². The van der Waals surface area contributed by atoms with E-state index in [0.29, 0.717) is 16.7 Å². The lowest BCUT2D eigenvalue weighted by Crippen LogP contribution is -2.35. The second-order valence-electron chi connectivity index (χ2n) is 6.60. The Kier molecular flexibility index (Phi) is 2.26. The van der Waals surface area contributed by atoms with Crippen LogP contribution in [0, 0.1) is 16.7 Å². The minimum absolute atomic E-state index is 0.335. The topological polar surface area (TPSA) is 0 Å². The van der Waals surface area contributed by atoms with Gasteiger partial charge in [-0.25, -0.2) is 0 Å². The van der Waals surface area contributed by atoms with Gasteiger partial charge < -0.3 is 0 Å². The quantitative estimate of drug-likeness (QED) is 0.602. The molecule has 90 valence electrons. The first-order valence-electron chi connectivity index (χ1n) is 6.80. The van der Waals surface area contributed by atoms with Crippen LogP contribution in [0.2, 0.25) is 0 Å². The minimum Gasteiger partial charge on any atom is -0.0801 e. The van der Waals surface area contributed by atoms with E-state index in [9.17, 15) is 0 Å². The molecule has 1 unspecified atom stereocenters. The van der Waals surface area contributed by atoms with E-state index in [1.807, 2.05) is 0 Å². The van der Waals surface area contributed by atoms with Gasteiger partial charge in [0.25, 0.3) is 0 Å². The Bertz CT molecular complexity index is 444. The number of hydrogen-bond donors (Lipinski definition) is 0. The molecule has 0 aromatic heterocycles. The summed E-state index contributed by atoms with van der Waals surface area (Å²) in [5, 5.41) is 0. The Labute approximate surface area is 105 Å². The molecule has 0 nitrogen and oxygen atoms in total. The van der Waals surface area contributed by atoms with Gasteiger partial charge in [0, 0.05) is 11.3 Å². The van der Waals surface area contributed by atoms with Gasteiger partial charge in [-0.3, -0.25) is 0 Å². The van der Waals surface area contributed by atoms with Gasteiger partial charge in [0.1, 0.15) is 0 Å². The van der Waals surface area contributed by atoms with Crippen molar-refractivity contribution in [1.82, 2.24) is 0 Å². The lowest BCUT2D eigenvalue weighted by Gasteiger charge is -2.45. The van der Waals surface area contributed by atoms with E-state index in [1.165, 1.54) is 19.3 Å². The first-order chi connectivity index (χ1) is 8.04. The van der Waals surface area contributed by atoms with Crippen molar-refractivity contribution in [3.05, 3.63) is 47.6 Å². The Morgan fingerprint density at radius 2 is 1.76 bits per heavy atom. The van der Waals surface area contributed by atoms with Gasteiger partial charge in [-0.05, 0) is 30.3 Å². The average molecular weight is 226 g/mol. The van der Waals surface area contributed by atoms with Crippen LogP contribution < -0.4 is 0 Å². The highest BCUT2D eigenvalue weighted by atomic mass is 14.5. The summed E-state index contributed by atoms with van der Waals surface area (Å²) in [5.41, 5.74) is 4.07. The fraction of sp³-hybridized carbons (Fsp3) is 0.529.